The minimum Gasteiger partial charge on any atom is -0.317 e. The molecule has 0 aromatic rings. The molecule has 0 aliphatic carbocycles. The summed E-state index contributed by atoms with van der Waals surface area (Å²) in [4.78, 5) is 0. The number of rotatable bonds is 6. The summed E-state index contributed by atoms with van der Waals surface area (Å²) in [5, 5.41) is 3.37. The number of hydrogen-bond acceptors (Lipinski definition) is 1. The topological polar surface area (TPSA) is 12.0 Å². The smallest absolute Gasteiger partial charge is 0.191 e. The lowest BCUT2D eigenvalue weighted by Gasteiger charge is -2.04. The molecule has 1 N–H and O–H groups in total. The summed E-state index contributed by atoms with van der Waals surface area (Å²) in [5.74, 6) is 0. The molecule has 2 aliphatic heterocycles. The number of fused-ring (bicyclic) bond motifs is 1. The fourth-order valence-electron chi connectivity index (χ4n) is 2.41. The number of unbranched alkanes of at least 4 members (excludes halogenated alkanes) is 1. The van der Waals surface area contributed by atoms with E-state index in [0.717, 1.165) is 18.6 Å². The van der Waals surface area contributed by atoms with Crippen LogP contribution in [0.5, 0.6) is 0 Å². The van der Waals surface area contributed by atoms with Gasteiger partial charge in [0.05, 0.1) is 7.05 Å². The van der Waals surface area contributed by atoms with Crippen LogP contribution in [0.25, 0.3) is 0 Å². The van der Waals surface area contributed by atoms with Gasteiger partial charge in [0.25, 0.3) is 0 Å². The van der Waals surface area contributed by atoms with E-state index < -0.39 is 0 Å². The average molecular weight is 169 g/mol. The molecule has 2 aliphatic rings. The van der Waals surface area contributed by atoms with Crippen molar-refractivity contribution in [1.29, 1.82) is 0 Å². The highest BCUT2D eigenvalue weighted by molar-refractivity contribution is 4.99. The lowest BCUT2D eigenvalue weighted by atomic mass is 10.1. The highest BCUT2D eigenvalue weighted by Crippen LogP contribution is 2.55. The molecule has 0 bridgehead atoms. The monoisotopic (exact) mass is 169 g/mol. The van der Waals surface area contributed by atoms with Gasteiger partial charge in [-0.15, -0.1) is 0 Å². The van der Waals surface area contributed by atoms with E-state index in [0.29, 0.717) is 0 Å². The first-order chi connectivity index (χ1) is 5.79. The van der Waals surface area contributed by atoms with Crippen LogP contribution in [0.3, 0.4) is 0 Å². The Morgan fingerprint density at radius 1 is 1.42 bits per heavy atom. The van der Waals surface area contributed by atoms with Gasteiger partial charge in [0.15, 0.2) is 6.04 Å². The van der Waals surface area contributed by atoms with Gasteiger partial charge in [0.1, 0.15) is 12.6 Å². The maximum Gasteiger partial charge on any atom is 0.191 e. The molecule has 2 rings (SSSR count). The maximum atomic E-state index is 3.37. The Kier molecular flexibility index (Phi) is 2.13. The molecule has 2 fully saturated rings. The predicted molar refractivity (Wildman–Crippen MR) is 51.0 cm³/mol. The fraction of sp³-hybridized carbons (Fsp3) is 1.00. The molecular weight excluding hydrogens is 148 g/mol. The molecule has 2 heterocycles. The van der Waals surface area contributed by atoms with Crippen molar-refractivity contribution in [3.05, 3.63) is 0 Å². The molecule has 2 nitrogen and oxygen atoms in total. The van der Waals surface area contributed by atoms with Crippen LogP contribution in [0.15, 0.2) is 0 Å². The van der Waals surface area contributed by atoms with Gasteiger partial charge in [-0.3, -0.25) is 0 Å². The van der Waals surface area contributed by atoms with E-state index >= 15 is 0 Å². The Morgan fingerprint density at radius 3 is 2.67 bits per heavy atom. The zero-order valence-corrected chi connectivity index (χ0v) is 8.34. The first-order valence-corrected chi connectivity index (χ1v) is 5.34. The van der Waals surface area contributed by atoms with Gasteiger partial charge in [-0.05, 0) is 25.9 Å². The Bertz CT molecular complexity index is 169. The summed E-state index contributed by atoms with van der Waals surface area (Å²) in [6.07, 6.45) is 4.28. The summed E-state index contributed by atoms with van der Waals surface area (Å²) in [5.41, 5.74) is 0. The van der Waals surface area contributed by atoms with Crippen LogP contribution in [0.2, 0.25) is 0 Å². The van der Waals surface area contributed by atoms with Gasteiger partial charge in [-0.2, -0.15) is 0 Å². The first kappa shape index (κ1) is 8.52. The van der Waals surface area contributed by atoms with E-state index in [-0.39, 0.29) is 0 Å². The Morgan fingerprint density at radius 2 is 2.17 bits per heavy atom. The third-order valence-corrected chi connectivity index (χ3v) is 3.67. The van der Waals surface area contributed by atoms with Crippen molar-refractivity contribution in [3.63, 3.8) is 0 Å². The Balaban J connectivity index is 1.44. The molecule has 0 saturated carbocycles. The van der Waals surface area contributed by atoms with Crippen LogP contribution < -0.4 is 5.32 Å². The normalized spacial score (nSPS) is 42.5. The molecule has 2 saturated heterocycles. The lowest BCUT2D eigenvalue weighted by molar-refractivity contribution is -0.697. The molecule has 0 radical (unpaired) electrons. The van der Waals surface area contributed by atoms with E-state index in [1.54, 1.807) is 0 Å². The minimum absolute atomic E-state index is 1.08. The fourth-order valence-corrected chi connectivity index (χ4v) is 2.41. The number of likely N-dealkylation sites (N-methyl/N-ethyl adjacent to an activating group) is 1. The molecule has 3 atom stereocenters. The number of quaternary nitrogens is 1. The highest BCUT2D eigenvalue weighted by Gasteiger charge is 2.79. The van der Waals surface area contributed by atoms with Crippen molar-refractivity contribution in [2.24, 2.45) is 0 Å². The van der Waals surface area contributed by atoms with Crippen molar-refractivity contribution >= 4 is 0 Å². The second kappa shape index (κ2) is 3.00. The van der Waals surface area contributed by atoms with Crippen molar-refractivity contribution in [2.75, 3.05) is 26.7 Å². The maximum absolute atomic E-state index is 3.37. The number of nitrogens with one attached hydrogen (secondary N) is 1. The third kappa shape index (κ3) is 1.38. The molecule has 0 spiro atoms. The Labute approximate surface area is 75.5 Å². The number of hydrogen-bond donors (Lipinski definition) is 1. The van der Waals surface area contributed by atoms with E-state index in [4.69, 9.17) is 0 Å². The third-order valence-electron chi connectivity index (χ3n) is 3.67. The largest absolute Gasteiger partial charge is 0.317 e. The molecule has 3 unspecified atom stereocenters. The van der Waals surface area contributed by atoms with Crippen LogP contribution in [0.1, 0.15) is 26.2 Å². The van der Waals surface area contributed by atoms with E-state index in [1.165, 1.54) is 36.8 Å². The highest BCUT2D eigenvalue weighted by atomic mass is 15.7. The van der Waals surface area contributed by atoms with Crippen molar-refractivity contribution < 1.29 is 4.48 Å². The van der Waals surface area contributed by atoms with Crippen LogP contribution in [0.4, 0.5) is 0 Å². The summed E-state index contributed by atoms with van der Waals surface area (Å²) < 4.78 is 1.43. The van der Waals surface area contributed by atoms with Crippen molar-refractivity contribution in [2.45, 2.75) is 38.3 Å². The summed E-state index contributed by atoms with van der Waals surface area (Å²) in [7, 11) is 2.40. The van der Waals surface area contributed by atoms with Crippen molar-refractivity contribution in [1.82, 2.24) is 5.32 Å². The second-order valence-corrected chi connectivity index (χ2v) is 4.51. The van der Waals surface area contributed by atoms with E-state index in [2.05, 4.69) is 19.3 Å². The van der Waals surface area contributed by atoms with E-state index in [1.807, 2.05) is 0 Å². The van der Waals surface area contributed by atoms with Crippen LogP contribution in [0, 0.1) is 0 Å². The predicted octanol–water partition coefficient (Wildman–Crippen LogP) is 0.977. The number of nitrogens with zero attached hydrogens (tertiary/aromatic N) is 1. The van der Waals surface area contributed by atoms with Gasteiger partial charge in [-0.25, -0.2) is 0 Å². The average Bonchev–Trinajstić information content (AvgIpc) is 2.85. The molecule has 70 valence electrons. The van der Waals surface area contributed by atoms with Crippen LogP contribution in [-0.4, -0.2) is 43.2 Å². The van der Waals surface area contributed by atoms with Gasteiger partial charge in [0.2, 0.25) is 0 Å². The summed E-state index contributed by atoms with van der Waals surface area (Å²) in [6.45, 7) is 6.00. The molecule has 0 aromatic carbocycles. The first-order valence-electron chi connectivity index (χ1n) is 5.34. The molecular formula is C10H21N2+. The standard InChI is InChI=1S/C10H21N2/c1-3-11-7-5-4-6-9-10-8-12(9,10)2/h9-11H,3-8H2,1-2H3/q+1. The lowest BCUT2D eigenvalue weighted by Crippen LogP contribution is -2.18. The summed E-state index contributed by atoms with van der Waals surface area (Å²) in [6, 6.07) is 2.18. The minimum atomic E-state index is 1.08. The zero-order chi connectivity index (χ0) is 8.60. The molecule has 2 heteroatoms. The molecule has 12 heavy (non-hydrogen) atoms. The SMILES string of the molecule is CCNCCCCC1C2C[N+]12C. The van der Waals surface area contributed by atoms with Crippen LogP contribution in [-0.2, 0) is 0 Å². The quantitative estimate of drug-likeness (QED) is 0.355. The zero-order valence-electron chi connectivity index (χ0n) is 8.34. The van der Waals surface area contributed by atoms with Crippen molar-refractivity contribution in [3.8, 4) is 0 Å². The van der Waals surface area contributed by atoms with Gasteiger partial charge >= 0.3 is 0 Å². The van der Waals surface area contributed by atoms with Gasteiger partial charge < -0.3 is 9.80 Å². The Hall–Kier alpha value is -0.0800. The second-order valence-electron chi connectivity index (χ2n) is 4.51. The molecule has 0 aromatic heterocycles. The van der Waals surface area contributed by atoms with E-state index in [9.17, 15) is 0 Å². The molecule has 0 amide bonds. The van der Waals surface area contributed by atoms with Gasteiger partial charge in [-0.1, -0.05) is 6.92 Å². The summed E-state index contributed by atoms with van der Waals surface area (Å²) >= 11 is 0. The van der Waals surface area contributed by atoms with Crippen LogP contribution >= 0.6 is 0 Å². The van der Waals surface area contributed by atoms with Gasteiger partial charge in [0, 0.05) is 6.42 Å².